The van der Waals surface area contributed by atoms with E-state index in [-0.39, 0.29) is 25.0 Å². The second-order valence-corrected chi connectivity index (χ2v) is 4.85. The van der Waals surface area contributed by atoms with Crippen LogP contribution in [0.5, 0.6) is 0 Å². The van der Waals surface area contributed by atoms with Gasteiger partial charge in [-0.15, -0.1) is 0 Å². The first kappa shape index (κ1) is 20.0. The first-order chi connectivity index (χ1) is 9.49. The van der Waals surface area contributed by atoms with Crippen molar-refractivity contribution in [3.8, 4) is 0 Å². The predicted octanol–water partition coefficient (Wildman–Crippen LogP) is 2.97. The van der Waals surface area contributed by atoms with Gasteiger partial charge in [-0.3, -0.25) is 4.79 Å². The van der Waals surface area contributed by atoms with Crippen LogP contribution >= 0.6 is 0 Å². The minimum Gasteiger partial charge on any atom is -0.391 e. The number of hydrogen-bond donors (Lipinski definition) is 2. The van der Waals surface area contributed by atoms with Crippen LogP contribution < -0.4 is 5.73 Å². The van der Waals surface area contributed by atoms with Gasteiger partial charge < -0.3 is 10.8 Å². The van der Waals surface area contributed by atoms with Crippen LogP contribution in [0.3, 0.4) is 0 Å². The van der Waals surface area contributed by atoms with E-state index < -0.39 is 30.7 Å². The number of carbonyl (C=O) groups is 1. The molecule has 0 heterocycles. The van der Waals surface area contributed by atoms with E-state index in [1.807, 2.05) is 0 Å². The van der Waals surface area contributed by atoms with Crippen LogP contribution in [0.4, 0.5) is 22.0 Å². The first-order valence-electron chi connectivity index (χ1n) is 6.52. The molecule has 0 amide bonds. The van der Waals surface area contributed by atoms with Crippen molar-refractivity contribution < 1.29 is 31.9 Å². The van der Waals surface area contributed by atoms with Crippen LogP contribution in [0.1, 0.15) is 39.0 Å². The molecule has 3 nitrogen and oxygen atoms in total. The minimum absolute atomic E-state index is 0.0839. The topological polar surface area (TPSA) is 63.3 Å². The van der Waals surface area contributed by atoms with Gasteiger partial charge >= 0.3 is 12.1 Å². The number of carbonyl (C=O) groups excluding carboxylic acids is 1. The largest absolute Gasteiger partial charge is 0.453 e. The van der Waals surface area contributed by atoms with Crippen LogP contribution in [0.15, 0.2) is 12.2 Å². The zero-order chi connectivity index (χ0) is 16.7. The molecule has 0 bridgehead atoms. The molecule has 0 spiro atoms. The molecule has 0 aromatic carbocycles. The monoisotopic (exact) mass is 317 g/mol. The Balaban J connectivity index is 3.88. The minimum atomic E-state index is -5.51. The summed E-state index contributed by atoms with van der Waals surface area (Å²) < 4.78 is 60.7. The zero-order valence-corrected chi connectivity index (χ0v) is 11.7. The Morgan fingerprint density at radius 2 is 1.71 bits per heavy atom. The standard InChI is InChI=1S/C13H20F5NO2/c1-9(20)11(19)10(21)7-5-3-2-4-6-8-12(14,15)13(16,17)18/h2-3,10-11,21H,4-8,19H2,1H3/b3-2+. The molecule has 21 heavy (non-hydrogen) atoms. The van der Waals surface area contributed by atoms with Crippen LogP contribution in [-0.2, 0) is 4.79 Å². The van der Waals surface area contributed by atoms with E-state index in [9.17, 15) is 31.9 Å². The molecule has 0 aromatic rings. The SMILES string of the molecule is CC(=O)C(N)C(O)CC/C=C/CCCC(F)(F)C(F)(F)F. The molecular weight excluding hydrogens is 297 g/mol. The maximum absolute atomic E-state index is 12.5. The number of alkyl halides is 5. The third-order valence-corrected chi connectivity index (χ3v) is 2.96. The maximum Gasteiger partial charge on any atom is 0.453 e. The second-order valence-electron chi connectivity index (χ2n) is 4.85. The van der Waals surface area contributed by atoms with E-state index in [1.54, 1.807) is 6.08 Å². The predicted molar refractivity (Wildman–Crippen MR) is 67.9 cm³/mol. The van der Waals surface area contributed by atoms with Gasteiger partial charge in [-0.1, -0.05) is 12.2 Å². The molecular formula is C13H20F5NO2. The van der Waals surface area contributed by atoms with Crippen molar-refractivity contribution in [2.24, 2.45) is 5.73 Å². The highest BCUT2D eigenvalue weighted by Gasteiger charge is 2.56. The lowest BCUT2D eigenvalue weighted by atomic mass is 10.0. The van der Waals surface area contributed by atoms with Crippen molar-refractivity contribution in [1.82, 2.24) is 0 Å². The second kappa shape index (κ2) is 8.43. The summed E-state index contributed by atoms with van der Waals surface area (Å²) in [4.78, 5) is 10.9. The quantitative estimate of drug-likeness (QED) is 0.390. The van der Waals surface area contributed by atoms with Crippen molar-refractivity contribution in [3.05, 3.63) is 12.2 Å². The van der Waals surface area contributed by atoms with E-state index in [0.29, 0.717) is 6.42 Å². The molecule has 0 aromatic heterocycles. The Morgan fingerprint density at radius 3 is 2.19 bits per heavy atom. The van der Waals surface area contributed by atoms with Crippen molar-refractivity contribution in [1.29, 1.82) is 0 Å². The van der Waals surface area contributed by atoms with Gasteiger partial charge in [0.15, 0.2) is 0 Å². The number of ketones is 1. The summed E-state index contributed by atoms with van der Waals surface area (Å²) in [6.45, 7) is 1.25. The summed E-state index contributed by atoms with van der Waals surface area (Å²) in [6, 6.07) is -0.969. The number of aliphatic hydroxyl groups excluding tert-OH is 1. The van der Waals surface area contributed by atoms with Gasteiger partial charge in [-0.2, -0.15) is 22.0 Å². The van der Waals surface area contributed by atoms with Gasteiger partial charge in [0.05, 0.1) is 12.1 Å². The number of halogens is 5. The Kier molecular flexibility index (Phi) is 8.02. The average molecular weight is 317 g/mol. The molecule has 0 aliphatic rings. The van der Waals surface area contributed by atoms with Gasteiger partial charge in [0.25, 0.3) is 0 Å². The normalized spacial score (nSPS) is 16.2. The van der Waals surface area contributed by atoms with Crippen molar-refractivity contribution in [3.63, 3.8) is 0 Å². The summed E-state index contributed by atoms with van der Waals surface area (Å²) in [5, 5.41) is 9.48. The van der Waals surface area contributed by atoms with Crippen molar-refractivity contribution in [2.45, 2.75) is 63.3 Å². The molecule has 0 rings (SSSR count). The number of hydrogen-bond acceptors (Lipinski definition) is 3. The molecule has 8 heteroatoms. The number of rotatable bonds is 9. The van der Waals surface area contributed by atoms with Gasteiger partial charge in [0, 0.05) is 6.42 Å². The van der Waals surface area contributed by atoms with Crippen LogP contribution in [0.2, 0.25) is 0 Å². The van der Waals surface area contributed by atoms with Gasteiger partial charge in [-0.25, -0.2) is 0 Å². The molecule has 0 saturated carbocycles. The lowest BCUT2D eigenvalue weighted by molar-refractivity contribution is -0.284. The first-order valence-corrected chi connectivity index (χ1v) is 6.52. The maximum atomic E-state index is 12.5. The number of nitrogens with two attached hydrogens (primary N) is 1. The van der Waals surface area contributed by atoms with E-state index in [1.165, 1.54) is 13.0 Å². The van der Waals surface area contributed by atoms with E-state index in [4.69, 9.17) is 5.73 Å². The highest BCUT2D eigenvalue weighted by Crippen LogP contribution is 2.39. The molecule has 0 saturated heterocycles. The summed E-state index contributed by atoms with van der Waals surface area (Å²) >= 11 is 0. The molecule has 3 N–H and O–H groups in total. The average Bonchev–Trinajstić information content (AvgIpc) is 2.34. The fraction of sp³-hybridized carbons (Fsp3) is 0.769. The number of aliphatic hydroxyl groups is 1. The third kappa shape index (κ3) is 7.52. The van der Waals surface area contributed by atoms with Gasteiger partial charge in [0.2, 0.25) is 0 Å². The van der Waals surface area contributed by atoms with Crippen LogP contribution in [0.25, 0.3) is 0 Å². The Morgan fingerprint density at radius 1 is 1.19 bits per heavy atom. The smallest absolute Gasteiger partial charge is 0.391 e. The summed E-state index contributed by atoms with van der Waals surface area (Å²) in [5.41, 5.74) is 5.40. The fourth-order valence-electron chi connectivity index (χ4n) is 1.54. The van der Waals surface area contributed by atoms with Crippen molar-refractivity contribution in [2.75, 3.05) is 0 Å². The van der Waals surface area contributed by atoms with Crippen LogP contribution in [0, 0.1) is 0 Å². The summed E-state index contributed by atoms with van der Waals surface area (Å²) in [6.07, 6.45) is -4.36. The van der Waals surface area contributed by atoms with E-state index in [2.05, 4.69) is 0 Å². The highest BCUT2D eigenvalue weighted by molar-refractivity contribution is 5.81. The molecule has 0 aliphatic carbocycles. The lowest BCUT2D eigenvalue weighted by Crippen LogP contribution is -2.40. The Bertz CT molecular complexity index is 355. The van der Waals surface area contributed by atoms with E-state index in [0.717, 1.165) is 0 Å². The highest BCUT2D eigenvalue weighted by atomic mass is 19.4. The molecule has 2 unspecified atom stereocenters. The van der Waals surface area contributed by atoms with Gasteiger partial charge in [-0.05, 0) is 32.6 Å². The lowest BCUT2D eigenvalue weighted by Gasteiger charge is -2.18. The number of allylic oxidation sites excluding steroid dienone is 2. The number of Topliss-reactive ketones (excluding diaryl/α,β-unsaturated/α-hetero) is 1. The Labute approximate surface area is 120 Å². The molecule has 0 fully saturated rings. The zero-order valence-electron chi connectivity index (χ0n) is 11.7. The van der Waals surface area contributed by atoms with Crippen molar-refractivity contribution >= 4 is 5.78 Å². The summed E-state index contributed by atoms with van der Waals surface area (Å²) in [5.74, 6) is -5.01. The van der Waals surface area contributed by atoms with Crippen LogP contribution in [-0.4, -0.2) is 35.1 Å². The van der Waals surface area contributed by atoms with E-state index >= 15 is 0 Å². The Hall–Kier alpha value is -1.02. The summed E-state index contributed by atoms with van der Waals surface area (Å²) in [7, 11) is 0. The molecule has 2 atom stereocenters. The fourth-order valence-corrected chi connectivity index (χ4v) is 1.54. The third-order valence-electron chi connectivity index (χ3n) is 2.96. The molecule has 124 valence electrons. The number of unbranched alkanes of at least 4 members (excludes halogenated alkanes) is 1. The molecule has 0 aliphatic heterocycles. The molecule has 0 radical (unpaired) electrons. The van der Waals surface area contributed by atoms with Gasteiger partial charge in [0.1, 0.15) is 5.78 Å².